The molecule has 1 aromatic heterocycles. The first-order valence-electron chi connectivity index (χ1n) is 11.5. The van der Waals surface area contributed by atoms with E-state index in [4.69, 9.17) is 37.7 Å². The minimum absolute atomic E-state index is 0.0844. The topological polar surface area (TPSA) is 124 Å². The molecule has 4 rings (SSSR count). The van der Waals surface area contributed by atoms with Crippen LogP contribution in [0.3, 0.4) is 0 Å². The average Bonchev–Trinajstić information content (AvgIpc) is 3.34. The molecule has 0 saturated heterocycles. The van der Waals surface area contributed by atoms with Crippen molar-refractivity contribution >= 4 is 40.6 Å². The van der Waals surface area contributed by atoms with Crippen molar-refractivity contribution in [2.75, 3.05) is 25.0 Å². The van der Waals surface area contributed by atoms with Crippen LogP contribution in [0.4, 0.5) is 19.3 Å². The van der Waals surface area contributed by atoms with Crippen LogP contribution in [-0.2, 0) is 5.92 Å². The minimum atomic E-state index is -3.08. The predicted molar refractivity (Wildman–Crippen MR) is 134 cm³/mol. The van der Waals surface area contributed by atoms with E-state index >= 15 is 0 Å². The zero-order chi connectivity index (χ0) is 26.9. The number of rotatable bonds is 6. The summed E-state index contributed by atoms with van der Waals surface area (Å²) >= 11 is 12.5. The normalized spacial score (nSPS) is 21.2. The van der Waals surface area contributed by atoms with Gasteiger partial charge in [0.1, 0.15) is 0 Å². The SMILES string of the molecule is CC1N=C(C2=CCN(C(=O)Nc3ccc(C(C)(F)F)c(Cl)c3)CC2)C(Cl)=CC1c1nnc(C(O)CO)o1. The number of halogens is 4. The maximum atomic E-state index is 13.6. The third-order valence-electron chi connectivity index (χ3n) is 6.10. The second kappa shape index (κ2) is 10.9. The molecule has 3 atom stereocenters. The molecule has 2 amide bonds. The molecule has 2 aromatic rings. The van der Waals surface area contributed by atoms with E-state index < -0.39 is 24.6 Å². The van der Waals surface area contributed by atoms with Crippen molar-refractivity contribution in [2.24, 2.45) is 4.99 Å². The largest absolute Gasteiger partial charge is 0.422 e. The summed E-state index contributed by atoms with van der Waals surface area (Å²) in [6.45, 7) is 2.78. The highest BCUT2D eigenvalue weighted by Crippen LogP contribution is 2.35. The van der Waals surface area contributed by atoms with Crippen molar-refractivity contribution in [3.63, 3.8) is 0 Å². The van der Waals surface area contributed by atoms with E-state index in [1.165, 1.54) is 18.2 Å². The van der Waals surface area contributed by atoms with Crippen molar-refractivity contribution in [1.82, 2.24) is 15.1 Å². The van der Waals surface area contributed by atoms with Gasteiger partial charge in [-0.2, -0.15) is 0 Å². The summed E-state index contributed by atoms with van der Waals surface area (Å²) in [5, 5.41) is 29.4. The molecular formula is C24H25Cl2F2N5O4. The fourth-order valence-electron chi connectivity index (χ4n) is 4.05. The predicted octanol–water partition coefficient (Wildman–Crippen LogP) is 4.77. The zero-order valence-electron chi connectivity index (χ0n) is 20.0. The van der Waals surface area contributed by atoms with Gasteiger partial charge in [-0.1, -0.05) is 29.3 Å². The highest BCUT2D eigenvalue weighted by molar-refractivity contribution is 6.46. The summed E-state index contributed by atoms with van der Waals surface area (Å²) in [5.74, 6) is -3.34. The molecule has 13 heteroatoms. The van der Waals surface area contributed by atoms with E-state index in [0.717, 1.165) is 12.5 Å². The lowest BCUT2D eigenvalue weighted by Crippen LogP contribution is -2.39. The number of carbonyl (C=O) groups is 1. The molecule has 0 bridgehead atoms. The number of urea groups is 1. The lowest BCUT2D eigenvalue weighted by atomic mass is 9.93. The molecule has 2 aliphatic rings. The molecule has 0 spiro atoms. The number of hydrogen-bond donors (Lipinski definition) is 3. The number of aromatic nitrogens is 2. The smallest absolute Gasteiger partial charge is 0.322 e. The molecule has 198 valence electrons. The maximum Gasteiger partial charge on any atom is 0.322 e. The van der Waals surface area contributed by atoms with Crippen LogP contribution in [0.2, 0.25) is 5.02 Å². The zero-order valence-corrected chi connectivity index (χ0v) is 21.5. The van der Waals surface area contributed by atoms with E-state index in [1.54, 1.807) is 11.0 Å². The molecule has 3 N–H and O–H groups in total. The summed E-state index contributed by atoms with van der Waals surface area (Å²) in [7, 11) is 0. The number of aliphatic hydroxyl groups is 2. The van der Waals surface area contributed by atoms with Gasteiger partial charge >= 0.3 is 6.03 Å². The van der Waals surface area contributed by atoms with Crippen LogP contribution in [0.15, 0.2) is 50.4 Å². The van der Waals surface area contributed by atoms with Gasteiger partial charge in [0.25, 0.3) is 5.92 Å². The van der Waals surface area contributed by atoms with Gasteiger partial charge in [0.2, 0.25) is 11.8 Å². The molecule has 0 aliphatic carbocycles. The third kappa shape index (κ3) is 6.01. The summed E-state index contributed by atoms with van der Waals surface area (Å²) in [5.41, 5.74) is 1.50. The Hall–Kier alpha value is -2.86. The Labute approximate surface area is 221 Å². The standard InChI is InChI=1S/C24H25Cl2F2N5O4/c1-12-15(21-31-32-22(37-21)19(35)11-34)10-18(26)20(29-12)13-5-7-33(8-6-13)23(36)30-14-3-4-16(17(25)9-14)24(2,27)28/h3-5,9-10,12,15,19,34-35H,6-8,11H2,1-2H3,(H,30,36). The summed E-state index contributed by atoms with van der Waals surface area (Å²) < 4.78 is 32.6. The van der Waals surface area contributed by atoms with Gasteiger partial charge in [0.05, 0.1) is 34.3 Å². The number of allylic oxidation sites excluding steroid dienone is 1. The number of amides is 2. The Balaban J connectivity index is 1.40. The van der Waals surface area contributed by atoms with Crippen LogP contribution in [0, 0.1) is 0 Å². The molecule has 37 heavy (non-hydrogen) atoms. The van der Waals surface area contributed by atoms with Gasteiger partial charge < -0.3 is 24.8 Å². The first kappa shape index (κ1) is 27.2. The Bertz CT molecular complexity index is 1270. The van der Waals surface area contributed by atoms with Crippen LogP contribution in [0.5, 0.6) is 0 Å². The minimum Gasteiger partial charge on any atom is -0.422 e. The number of benzene rings is 1. The lowest BCUT2D eigenvalue weighted by Gasteiger charge is -2.29. The van der Waals surface area contributed by atoms with Crippen LogP contribution in [0.25, 0.3) is 0 Å². The fourth-order valence-corrected chi connectivity index (χ4v) is 4.70. The average molecular weight is 556 g/mol. The molecule has 0 fully saturated rings. The van der Waals surface area contributed by atoms with Crippen molar-refractivity contribution in [1.29, 1.82) is 0 Å². The number of nitrogens with zero attached hydrogens (tertiary/aromatic N) is 4. The van der Waals surface area contributed by atoms with Crippen molar-refractivity contribution in [2.45, 2.75) is 44.3 Å². The van der Waals surface area contributed by atoms with Gasteiger partial charge in [-0.05, 0) is 43.2 Å². The number of anilines is 1. The molecule has 0 radical (unpaired) electrons. The number of hydrogen-bond acceptors (Lipinski definition) is 7. The van der Waals surface area contributed by atoms with Gasteiger partial charge in [0, 0.05) is 31.3 Å². The summed E-state index contributed by atoms with van der Waals surface area (Å²) in [4.78, 5) is 19.0. The van der Waals surface area contributed by atoms with E-state index in [-0.39, 0.29) is 34.4 Å². The number of aliphatic hydroxyl groups excluding tert-OH is 2. The second-order valence-electron chi connectivity index (χ2n) is 8.87. The van der Waals surface area contributed by atoms with Gasteiger partial charge in [-0.3, -0.25) is 4.99 Å². The van der Waals surface area contributed by atoms with E-state index in [9.17, 15) is 18.7 Å². The molecule has 3 heterocycles. The Morgan fingerprint density at radius 1 is 1.35 bits per heavy atom. The second-order valence-corrected chi connectivity index (χ2v) is 9.69. The lowest BCUT2D eigenvalue weighted by molar-refractivity contribution is 0.0176. The number of nitrogens with one attached hydrogen (secondary N) is 1. The van der Waals surface area contributed by atoms with Crippen molar-refractivity contribution < 1.29 is 28.2 Å². The van der Waals surface area contributed by atoms with Crippen LogP contribution in [-0.4, -0.2) is 62.8 Å². The van der Waals surface area contributed by atoms with Crippen molar-refractivity contribution in [3.8, 4) is 0 Å². The number of alkyl halides is 2. The highest BCUT2D eigenvalue weighted by atomic mass is 35.5. The number of carbonyl (C=O) groups excluding carboxylic acids is 1. The number of aliphatic imine (C=N–C) groups is 1. The number of dihydropyridines is 1. The summed E-state index contributed by atoms with van der Waals surface area (Å²) in [6, 6.07) is 3.20. The van der Waals surface area contributed by atoms with Gasteiger partial charge in [-0.15, -0.1) is 10.2 Å². The molecule has 0 saturated carbocycles. The summed E-state index contributed by atoms with van der Waals surface area (Å²) in [6.07, 6.45) is 2.86. The first-order valence-corrected chi connectivity index (χ1v) is 12.2. The molecule has 9 nitrogen and oxygen atoms in total. The van der Waals surface area contributed by atoms with Crippen LogP contribution < -0.4 is 5.32 Å². The van der Waals surface area contributed by atoms with E-state index in [0.29, 0.717) is 35.9 Å². The Morgan fingerprint density at radius 2 is 2.11 bits per heavy atom. The molecule has 1 aromatic carbocycles. The maximum absolute atomic E-state index is 13.6. The third-order valence-corrected chi connectivity index (χ3v) is 6.72. The van der Waals surface area contributed by atoms with Crippen molar-refractivity contribution in [3.05, 3.63) is 63.3 Å². The molecular weight excluding hydrogens is 531 g/mol. The monoisotopic (exact) mass is 555 g/mol. The Kier molecular flexibility index (Phi) is 7.98. The van der Waals surface area contributed by atoms with Gasteiger partial charge in [-0.25, -0.2) is 13.6 Å². The van der Waals surface area contributed by atoms with E-state index in [1.807, 2.05) is 13.0 Å². The van der Waals surface area contributed by atoms with Crippen LogP contribution in [0.1, 0.15) is 49.6 Å². The van der Waals surface area contributed by atoms with Crippen LogP contribution >= 0.6 is 23.2 Å². The van der Waals surface area contributed by atoms with E-state index in [2.05, 4.69) is 15.5 Å². The first-order chi connectivity index (χ1) is 17.5. The van der Waals surface area contributed by atoms with Gasteiger partial charge in [0.15, 0.2) is 6.10 Å². The fraction of sp³-hybridized carbons (Fsp3) is 0.417. The quantitative estimate of drug-likeness (QED) is 0.471. The Morgan fingerprint density at radius 3 is 2.73 bits per heavy atom. The highest BCUT2D eigenvalue weighted by Gasteiger charge is 2.31. The molecule has 2 aliphatic heterocycles. The molecule has 3 unspecified atom stereocenters.